The van der Waals surface area contributed by atoms with E-state index < -0.39 is 0 Å². The van der Waals surface area contributed by atoms with E-state index in [1.807, 2.05) is 30.3 Å². The molecule has 16 heavy (non-hydrogen) atoms. The van der Waals surface area contributed by atoms with Crippen LogP contribution in [-0.2, 0) is 0 Å². The predicted molar refractivity (Wildman–Crippen MR) is 79.9 cm³/mol. The third-order valence-corrected chi connectivity index (χ3v) is 2.06. The van der Waals surface area contributed by atoms with E-state index in [2.05, 4.69) is 57.0 Å². The van der Waals surface area contributed by atoms with Crippen LogP contribution in [-0.4, -0.2) is 16.0 Å². The Morgan fingerprint density at radius 3 is 1.69 bits per heavy atom. The average molecular weight is 351 g/mol. The van der Waals surface area contributed by atoms with Crippen molar-refractivity contribution in [3.05, 3.63) is 67.1 Å². The first-order valence-corrected chi connectivity index (χ1v) is 12.7. The van der Waals surface area contributed by atoms with Crippen LogP contribution in [0.1, 0.15) is 5.56 Å². The average Bonchev–Trinajstić information content (AvgIpc) is 2.32. The summed E-state index contributed by atoms with van der Waals surface area (Å²) in [5.74, 6) is 0. The van der Waals surface area contributed by atoms with Gasteiger partial charge in [-0.1, -0.05) is 54.6 Å². The van der Waals surface area contributed by atoms with Gasteiger partial charge in [0.2, 0.25) is 0 Å². The van der Waals surface area contributed by atoms with Crippen LogP contribution in [0.3, 0.4) is 0 Å². The quantitative estimate of drug-likeness (QED) is 0.645. The second kappa shape index (κ2) is 8.29. The van der Waals surface area contributed by atoms with Gasteiger partial charge in [-0.25, -0.2) is 0 Å². The van der Waals surface area contributed by atoms with Crippen molar-refractivity contribution in [2.24, 2.45) is 0 Å². The van der Waals surface area contributed by atoms with E-state index in [9.17, 15) is 0 Å². The molecule has 0 nitrogen and oxygen atoms in total. The maximum Gasteiger partial charge on any atom is 0.560 e. The number of benzene rings is 2. The van der Waals surface area contributed by atoms with Gasteiger partial charge < -0.3 is 0 Å². The van der Waals surface area contributed by atoms with Crippen molar-refractivity contribution in [3.8, 4) is 11.1 Å². The Morgan fingerprint density at radius 2 is 1.19 bits per heavy atom. The lowest BCUT2D eigenvalue weighted by Crippen LogP contribution is -1.76. The fourth-order valence-electron chi connectivity index (χ4n) is 1.33. The van der Waals surface area contributed by atoms with Crippen molar-refractivity contribution < 1.29 is 0 Å². The van der Waals surface area contributed by atoms with Gasteiger partial charge in [0.1, 0.15) is 0 Å². The van der Waals surface area contributed by atoms with Gasteiger partial charge in [0.05, 0.1) is 0 Å². The fourth-order valence-corrected chi connectivity index (χ4v) is 1.33. The van der Waals surface area contributed by atoms with E-state index in [4.69, 9.17) is 0 Å². The van der Waals surface area contributed by atoms with Gasteiger partial charge in [-0.2, -0.15) is 0 Å². The molecule has 3 heteroatoms. The molecule has 0 saturated carbocycles. The molecule has 0 aliphatic heterocycles. The Kier molecular flexibility index (Phi) is 7.37. The minimum atomic E-state index is 0.0417. The lowest BCUT2D eigenvalue weighted by Gasteiger charge is -2.00. The molecule has 1 radical (unpaired) electrons. The molecule has 0 aliphatic carbocycles. The molecule has 0 amide bonds. The van der Waals surface area contributed by atoms with E-state index in [1.54, 1.807) is 0 Å². The Labute approximate surface area is 119 Å². The Hall–Kier alpha value is 0.166. The zero-order valence-corrected chi connectivity index (χ0v) is 13.5. The highest BCUT2D eigenvalue weighted by Crippen LogP contribution is 2.18. The summed E-state index contributed by atoms with van der Waals surface area (Å²) in [5, 5.41) is 0. The molecule has 2 rings (SSSR count). The summed E-state index contributed by atoms with van der Waals surface area (Å²) in [6.07, 6.45) is 0. The van der Waals surface area contributed by atoms with Crippen LogP contribution in [0.5, 0.6) is 0 Å². The molecule has 0 unspecified atom stereocenters. The minimum Gasteiger partial charge on any atom is -0.280 e. The molecule has 0 N–H and O–H groups in total. The summed E-state index contributed by atoms with van der Waals surface area (Å²) in [4.78, 5) is 0. The normalized spacial score (nSPS) is 8.69. The Morgan fingerprint density at radius 1 is 0.750 bits per heavy atom. The summed E-state index contributed by atoms with van der Waals surface area (Å²) >= 11 is 6.44. The molecule has 2 aromatic carbocycles. The lowest BCUT2D eigenvalue weighted by molar-refractivity contribution is 1.58. The topological polar surface area (TPSA) is 0 Å². The fraction of sp³-hybridized carbons (Fsp3) is 0. The SMILES string of the molecule is [Br][Mg][Br].[CH2]c1ccc(-c2ccccc2)cc1. The van der Waals surface area contributed by atoms with E-state index in [1.165, 1.54) is 11.1 Å². The van der Waals surface area contributed by atoms with Crippen LogP contribution in [0.15, 0.2) is 54.6 Å². The number of hydrogen-bond donors (Lipinski definition) is 0. The van der Waals surface area contributed by atoms with Gasteiger partial charge in [0.15, 0.2) is 0 Å². The van der Waals surface area contributed by atoms with Crippen molar-refractivity contribution in [3.63, 3.8) is 0 Å². The number of hydrogen-bond acceptors (Lipinski definition) is 0. The first-order chi connectivity index (χ1) is 7.77. The van der Waals surface area contributed by atoms with E-state index in [0.717, 1.165) is 5.56 Å². The highest BCUT2D eigenvalue weighted by molar-refractivity contribution is 9.47. The van der Waals surface area contributed by atoms with Gasteiger partial charge in [-0.15, -0.1) is 0 Å². The molecule has 0 saturated heterocycles. The summed E-state index contributed by atoms with van der Waals surface area (Å²) in [6.45, 7) is 3.86. The second-order valence-corrected chi connectivity index (χ2v) is 11.2. The van der Waals surface area contributed by atoms with Crippen molar-refractivity contribution in [1.29, 1.82) is 0 Å². The highest BCUT2D eigenvalue weighted by Gasteiger charge is 1.93. The smallest absolute Gasteiger partial charge is 0.280 e. The zero-order valence-electron chi connectivity index (χ0n) is 8.87. The second-order valence-electron chi connectivity index (χ2n) is 3.16. The summed E-state index contributed by atoms with van der Waals surface area (Å²) in [7, 11) is 0. The molecular formula is C13H11Br2Mg. The van der Waals surface area contributed by atoms with Crippen LogP contribution < -0.4 is 0 Å². The standard InChI is InChI=1S/C13H11.2BrH.Mg/c1-11-7-9-13(10-8-11)12-5-3-2-4-6-12;;;/h2-10H,1H2;2*1H;/q;;;+2/p-2. The predicted octanol–water partition coefficient (Wildman–Crippen LogP) is 4.85. The molecule has 0 spiro atoms. The third-order valence-electron chi connectivity index (χ3n) is 2.06. The first-order valence-electron chi connectivity index (χ1n) is 4.87. The van der Waals surface area contributed by atoms with Gasteiger partial charge in [0.25, 0.3) is 0 Å². The van der Waals surface area contributed by atoms with Crippen molar-refractivity contribution >= 4 is 41.8 Å². The van der Waals surface area contributed by atoms with Gasteiger partial charge in [0, 0.05) is 0 Å². The summed E-state index contributed by atoms with van der Waals surface area (Å²) < 4.78 is 0. The lowest BCUT2D eigenvalue weighted by atomic mass is 10.0. The van der Waals surface area contributed by atoms with Crippen molar-refractivity contribution in [1.82, 2.24) is 0 Å². The van der Waals surface area contributed by atoms with Gasteiger partial charge in [-0.3, -0.25) is 25.8 Å². The van der Waals surface area contributed by atoms with Crippen LogP contribution in [0.25, 0.3) is 11.1 Å². The summed E-state index contributed by atoms with van der Waals surface area (Å²) in [5.41, 5.74) is 3.55. The zero-order chi connectivity index (χ0) is 11.8. The monoisotopic (exact) mass is 349 g/mol. The molecule has 0 aromatic heterocycles. The van der Waals surface area contributed by atoms with E-state index in [0.29, 0.717) is 0 Å². The largest absolute Gasteiger partial charge is 0.560 e. The molecule has 0 fully saturated rings. The molecule has 0 atom stereocenters. The van der Waals surface area contributed by atoms with Crippen molar-refractivity contribution in [2.75, 3.05) is 0 Å². The van der Waals surface area contributed by atoms with Gasteiger partial charge in [-0.05, 0) is 23.6 Å². The maximum absolute atomic E-state index is 3.86. The van der Waals surface area contributed by atoms with Crippen molar-refractivity contribution in [2.45, 2.75) is 0 Å². The van der Waals surface area contributed by atoms with Crippen LogP contribution in [0.4, 0.5) is 0 Å². The molecular weight excluding hydrogens is 340 g/mol. The van der Waals surface area contributed by atoms with Gasteiger partial charge >= 0.3 is 16.0 Å². The number of halogens is 2. The molecule has 2 aromatic rings. The summed E-state index contributed by atoms with van der Waals surface area (Å²) in [6, 6.07) is 18.6. The molecule has 0 bridgehead atoms. The number of rotatable bonds is 1. The maximum atomic E-state index is 3.86. The highest BCUT2D eigenvalue weighted by atomic mass is 79.9. The van der Waals surface area contributed by atoms with Crippen LogP contribution in [0, 0.1) is 6.92 Å². The van der Waals surface area contributed by atoms with Crippen LogP contribution in [0.2, 0.25) is 0 Å². The van der Waals surface area contributed by atoms with E-state index in [-0.39, 0.29) is 16.0 Å². The molecule has 79 valence electrons. The van der Waals surface area contributed by atoms with Crippen LogP contribution >= 0.6 is 25.8 Å². The first kappa shape index (κ1) is 14.2. The third kappa shape index (κ3) is 5.00. The molecule has 0 heterocycles. The Bertz CT molecular complexity index is 398. The Balaban J connectivity index is 0.000000386. The minimum absolute atomic E-state index is 0.0417. The molecule has 0 aliphatic rings. The van der Waals surface area contributed by atoms with E-state index >= 15 is 0 Å².